The molecule has 0 aromatic heterocycles. The zero-order valence-electron chi connectivity index (χ0n) is 9.73. The molecule has 0 amide bonds. The van der Waals surface area contributed by atoms with Gasteiger partial charge in [0.15, 0.2) is 0 Å². The van der Waals surface area contributed by atoms with Crippen molar-refractivity contribution < 1.29 is 17.5 Å². The van der Waals surface area contributed by atoms with Gasteiger partial charge in [0.1, 0.15) is 10.7 Å². The molecule has 1 aromatic rings. The van der Waals surface area contributed by atoms with E-state index >= 15 is 0 Å². The maximum atomic E-state index is 13.1. The number of halogens is 1. The van der Waals surface area contributed by atoms with Crippen LogP contribution in [0.2, 0.25) is 0 Å². The van der Waals surface area contributed by atoms with Crippen LogP contribution in [0, 0.1) is 11.7 Å². The van der Waals surface area contributed by atoms with E-state index < -0.39 is 15.8 Å². The second-order valence-electron chi connectivity index (χ2n) is 4.26. The van der Waals surface area contributed by atoms with Crippen molar-refractivity contribution in [3.63, 3.8) is 0 Å². The second kappa shape index (κ2) is 5.21. The fraction of sp³-hybridized carbons (Fsp3) is 0.455. The van der Waals surface area contributed by atoms with Gasteiger partial charge in [0.05, 0.1) is 12.3 Å². The minimum Gasteiger partial charge on any atom is -0.398 e. The Hall–Kier alpha value is -1.18. The number of rotatable bonds is 4. The van der Waals surface area contributed by atoms with E-state index in [1.807, 2.05) is 0 Å². The van der Waals surface area contributed by atoms with E-state index in [9.17, 15) is 12.8 Å². The van der Waals surface area contributed by atoms with Gasteiger partial charge in [0.2, 0.25) is 10.0 Å². The fourth-order valence-corrected chi connectivity index (χ4v) is 3.05. The van der Waals surface area contributed by atoms with Crippen molar-refractivity contribution in [2.75, 3.05) is 25.5 Å². The van der Waals surface area contributed by atoms with Gasteiger partial charge in [-0.1, -0.05) is 0 Å². The molecule has 7 heteroatoms. The number of hydrogen-bond acceptors (Lipinski definition) is 4. The Morgan fingerprint density at radius 3 is 2.94 bits per heavy atom. The van der Waals surface area contributed by atoms with E-state index in [0.717, 1.165) is 18.6 Å². The highest BCUT2D eigenvalue weighted by molar-refractivity contribution is 7.89. The predicted octanol–water partition coefficient (Wildman–Crippen LogP) is 0.723. The maximum absolute atomic E-state index is 13.1. The molecule has 3 N–H and O–H groups in total. The Morgan fingerprint density at radius 1 is 1.50 bits per heavy atom. The Balaban J connectivity index is 2.12. The Morgan fingerprint density at radius 2 is 2.28 bits per heavy atom. The van der Waals surface area contributed by atoms with Crippen LogP contribution in [0.3, 0.4) is 0 Å². The summed E-state index contributed by atoms with van der Waals surface area (Å²) in [5.74, 6) is -0.469. The van der Waals surface area contributed by atoms with Gasteiger partial charge in [-0.05, 0) is 30.5 Å². The molecular formula is C11H15FN2O3S. The summed E-state index contributed by atoms with van der Waals surface area (Å²) in [5.41, 5.74) is 5.58. The fourth-order valence-electron chi connectivity index (χ4n) is 1.79. The van der Waals surface area contributed by atoms with Crippen LogP contribution in [0.1, 0.15) is 6.42 Å². The maximum Gasteiger partial charge on any atom is 0.242 e. The topological polar surface area (TPSA) is 81.4 Å². The summed E-state index contributed by atoms with van der Waals surface area (Å²) < 4.78 is 44.6. The van der Waals surface area contributed by atoms with Crippen LogP contribution < -0.4 is 10.5 Å². The minimum atomic E-state index is -3.77. The highest BCUT2D eigenvalue weighted by Crippen LogP contribution is 2.20. The molecule has 0 radical (unpaired) electrons. The summed E-state index contributed by atoms with van der Waals surface area (Å²) in [4.78, 5) is -0.221. The van der Waals surface area contributed by atoms with Gasteiger partial charge in [-0.2, -0.15) is 0 Å². The predicted molar refractivity (Wildman–Crippen MR) is 64.9 cm³/mol. The van der Waals surface area contributed by atoms with Crippen molar-refractivity contribution in [2.24, 2.45) is 5.92 Å². The van der Waals surface area contributed by atoms with Gasteiger partial charge in [-0.15, -0.1) is 0 Å². The molecule has 1 aromatic carbocycles. The summed E-state index contributed by atoms with van der Waals surface area (Å²) in [5, 5.41) is 0. The number of nitrogens with two attached hydrogens (primary N) is 1. The summed E-state index contributed by atoms with van der Waals surface area (Å²) >= 11 is 0. The SMILES string of the molecule is Nc1ccc(F)cc1S(=O)(=O)NCC1CCOC1. The van der Waals surface area contributed by atoms with Crippen LogP contribution >= 0.6 is 0 Å². The lowest BCUT2D eigenvalue weighted by atomic mass is 10.1. The van der Waals surface area contributed by atoms with Gasteiger partial charge in [0.25, 0.3) is 0 Å². The van der Waals surface area contributed by atoms with E-state index in [-0.39, 0.29) is 23.0 Å². The number of anilines is 1. The normalized spacial score (nSPS) is 20.2. The quantitative estimate of drug-likeness (QED) is 0.793. The molecule has 0 saturated carbocycles. The number of nitrogens with one attached hydrogen (secondary N) is 1. The van der Waals surface area contributed by atoms with Crippen molar-refractivity contribution >= 4 is 15.7 Å². The monoisotopic (exact) mass is 274 g/mol. The lowest BCUT2D eigenvalue weighted by Gasteiger charge is -2.11. The first kappa shape index (κ1) is 13.3. The van der Waals surface area contributed by atoms with Crippen LogP contribution in [0.4, 0.5) is 10.1 Å². The molecule has 100 valence electrons. The van der Waals surface area contributed by atoms with Gasteiger partial charge in [-0.25, -0.2) is 17.5 Å². The third-order valence-corrected chi connectivity index (χ3v) is 4.33. The van der Waals surface area contributed by atoms with Crippen molar-refractivity contribution in [1.29, 1.82) is 0 Å². The zero-order valence-corrected chi connectivity index (χ0v) is 10.5. The molecule has 1 fully saturated rings. The summed E-state index contributed by atoms with van der Waals surface area (Å²) in [6, 6.07) is 3.28. The number of hydrogen-bond donors (Lipinski definition) is 2. The molecule has 18 heavy (non-hydrogen) atoms. The summed E-state index contributed by atoms with van der Waals surface area (Å²) in [7, 11) is -3.77. The summed E-state index contributed by atoms with van der Waals surface area (Å²) in [6.45, 7) is 1.47. The molecule has 0 aliphatic carbocycles. The number of nitrogen functional groups attached to an aromatic ring is 1. The number of ether oxygens (including phenoxy) is 1. The van der Waals surface area contributed by atoms with Crippen molar-refractivity contribution in [2.45, 2.75) is 11.3 Å². The molecule has 1 saturated heterocycles. The molecule has 1 aliphatic rings. The zero-order chi connectivity index (χ0) is 13.2. The Kier molecular flexibility index (Phi) is 3.84. The summed E-state index contributed by atoms with van der Waals surface area (Å²) in [6.07, 6.45) is 0.821. The van der Waals surface area contributed by atoms with Crippen LogP contribution in [0.15, 0.2) is 23.1 Å². The lowest BCUT2D eigenvalue weighted by molar-refractivity contribution is 0.186. The van der Waals surface area contributed by atoms with Gasteiger partial charge >= 0.3 is 0 Å². The second-order valence-corrected chi connectivity index (χ2v) is 6.00. The standard InChI is InChI=1S/C11H15FN2O3S/c12-9-1-2-10(13)11(5-9)18(15,16)14-6-8-3-4-17-7-8/h1-2,5,8,14H,3-4,6-7,13H2. The lowest BCUT2D eigenvalue weighted by Crippen LogP contribution is -2.30. The average Bonchev–Trinajstić information content (AvgIpc) is 2.83. The first-order valence-electron chi connectivity index (χ1n) is 5.61. The number of benzene rings is 1. The van der Waals surface area contributed by atoms with Crippen LogP contribution in [-0.2, 0) is 14.8 Å². The van der Waals surface area contributed by atoms with Crippen molar-refractivity contribution in [1.82, 2.24) is 4.72 Å². The molecule has 5 nitrogen and oxygen atoms in total. The van der Waals surface area contributed by atoms with E-state index in [0.29, 0.717) is 13.2 Å². The van der Waals surface area contributed by atoms with Crippen LogP contribution in [0.25, 0.3) is 0 Å². The Labute approximate surface area is 105 Å². The third-order valence-electron chi connectivity index (χ3n) is 2.85. The van der Waals surface area contributed by atoms with E-state index in [1.165, 1.54) is 6.07 Å². The first-order valence-corrected chi connectivity index (χ1v) is 7.10. The molecule has 1 aliphatic heterocycles. The smallest absolute Gasteiger partial charge is 0.242 e. The molecule has 1 atom stereocenters. The van der Waals surface area contributed by atoms with Crippen molar-refractivity contribution in [3.05, 3.63) is 24.0 Å². The molecular weight excluding hydrogens is 259 g/mol. The van der Waals surface area contributed by atoms with Gasteiger partial charge in [-0.3, -0.25) is 0 Å². The minimum absolute atomic E-state index is 0.0339. The van der Waals surface area contributed by atoms with E-state index in [4.69, 9.17) is 10.5 Å². The largest absolute Gasteiger partial charge is 0.398 e. The van der Waals surface area contributed by atoms with Crippen molar-refractivity contribution in [3.8, 4) is 0 Å². The van der Waals surface area contributed by atoms with Gasteiger partial charge < -0.3 is 10.5 Å². The molecule has 0 spiro atoms. The average molecular weight is 274 g/mol. The van der Waals surface area contributed by atoms with E-state index in [2.05, 4.69) is 4.72 Å². The Bertz CT molecular complexity index is 527. The number of sulfonamides is 1. The van der Waals surface area contributed by atoms with E-state index in [1.54, 1.807) is 0 Å². The van der Waals surface area contributed by atoms with Crippen LogP contribution in [0.5, 0.6) is 0 Å². The van der Waals surface area contributed by atoms with Crippen LogP contribution in [-0.4, -0.2) is 28.2 Å². The third kappa shape index (κ3) is 2.98. The molecule has 1 heterocycles. The first-order chi connectivity index (χ1) is 8.49. The molecule has 1 unspecified atom stereocenters. The highest BCUT2D eigenvalue weighted by Gasteiger charge is 2.22. The highest BCUT2D eigenvalue weighted by atomic mass is 32.2. The molecule has 2 rings (SSSR count). The molecule has 0 bridgehead atoms. The van der Waals surface area contributed by atoms with Gasteiger partial charge in [0, 0.05) is 13.2 Å².